The van der Waals surface area contributed by atoms with E-state index in [1.54, 1.807) is 56.3 Å². The zero-order valence-electron chi connectivity index (χ0n) is 16.5. The van der Waals surface area contributed by atoms with Gasteiger partial charge in [0.25, 0.3) is 5.91 Å². The van der Waals surface area contributed by atoms with Gasteiger partial charge >= 0.3 is 12.0 Å². The number of esters is 1. The van der Waals surface area contributed by atoms with E-state index in [1.165, 1.54) is 0 Å². The van der Waals surface area contributed by atoms with E-state index < -0.39 is 36.6 Å². The molecule has 29 heavy (non-hydrogen) atoms. The molecule has 2 aromatic rings. The number of rotatable bonds is 6. The normalized spacial score (nSPS) is 18.5. The standard InChI is InChI=1S/C22H22N2O5/c1-14-9-10-17(15(2)11-14)18(25)13-29-19(26)12-24-20(27)22(3,23-21(24)28)16-7-5-4-6-8-16/h4-11H,12-13H2,1-3H3,(H,23,28)/t22-/m1/s1. The van der Waals surface area contributed by atoms with Crippen molar-refractivity contribution >= 4 is 23.7 Å². The lowest BCUT2D eigenvalue weighted by atomic mass is 9.92. The first-order valence-corrected chi connectivity index (χ1v) is 9.18. The molecule has 1 heterocycles. The minimum absolute atomic E-state index is 0.345. The van der Waals surface area contributed by atoms with E-state index in [2.05, 4.69) is 5.32 Å². The van der Waals surface area contributed by atoms with E-state index in [9.17, 15) is 19.2 Å². The second-order valence-corrected chi connectivity index (χ2v) is 7.21. The lowest BCUT2D eigenvalue weighted by molar-refractivity contribution is -0.146. The first-order chi connectivity index (χ1) is 13.7. The van der Waals surface area contributed by atoms with Crippen molar-refractivity contribution in [3.8, 4) is 0 Å². The minimum Gasteiger partial charge on any atom is -0.456 e. The van der Waals surface area contributed by atoms with E-state index in [-0.39, 0.29) is 5.78 Å². The maximum absolute atomic E-state index is 12.8. The second-order valence-electron chi connectivity index (χ2n) is 7.21. The summed E-state index contributed by atoms with van der Waals surface area (Å²) in [6.07, 6.45) is 0. The van der Waals surface area contributed by atoms with Crippen molar-refractivity contribution in [2.75, 3.05) is 13.2 Å². The van der Waals surface area contributed by atoms with Crippen molar-refractivity contribution in [3.05, 3.63) is 70.8 Å². The number of nitrogens with zero attached hydrogens (tertiary/aromatic N) is 1. The maximum Gasteiger partial charge on any atom is 0.326 e. The molecule has 1 aliphatic heterocycles. The van der Waals surface area contributed by atoms with Crippen LogP contribution in [0.15, 0.2) is 48.5 Å². The zero-order valence-corrected chi connectivity index (χ0v) is 16.5. The predicted molar refractivity (Wildman–Crippen MR) is 105 cm³/mol. The number of carbonyl (C=O) groups is 4. The lowest BCUT2D eigenvalue weighted by Gasteiger charge is -2.21. The molecule has 7 heteroatoms. The van der Waals surface area contributed by atoms with Crippen LogP contribution in [0.4, 0.5) is 4.79 Å². The average Bonchev–Trinajstić information content (AvgIpc) is 2.91. The molecule has 7 nitrogen and oxygen atoms in total. The van der Waals surface area contributed by atoms with Gasteiger partial charge in [-0.3, -0.25) is 19.3 Å². The summed E-state index contributed by atoms with van der Waals surface area (Å²) in [6, 6.07) is 13.4. The maximum atomic E-state index is 12.8. The largest absolute Gasteiger partial charge is 0.456 e. The molecule has 0 saturated carbocycles. The third kappa shape index (κ3) is 4.03. The van der Waals surface area contributed by atoms with Gasteiger partial charge in [0.15, 0.2) is 6.61 Å². The Morgan fingerprint density at radius 3 is 2.41 bits per heavy atom. The van der Waals surface area contributed by atoms with Crippen LogP contribution in [0.3, 0.4) is 0 Å². The smallest absolute Gasteiger partial charge is 0.326 e. The fourth-order valence-corrected chi connectivity index (χ4v) is 3.33. The molecule has 0 radical (unpaired) electrons. The van der Waals surface area contributed by atoms with Gasteiger partial charge in [0.2, 0.25) is 5.78 Å². The summed E-state index contributed by atoms with van der Waals surface area (Å²) >= 11 is 0. The molecule has 1 saturated heterocycles. The summed E-state index contributed by atoms with van der Waals surface area (Å²) in [5.74, 6) is -1.72. The zero-order chi connectivity index (χ0) is 21.2. The van der Waals surface area contributed by atoms with Crippen LogP contribution < -0.4 is 5.32 Å². The summed E-state index contributed by atoms with van der Waals surface area (Å²) < 4.78 is 5.01. The number of nitrogens with one attached hydrogen (secondary N) is 1. The van der Waals surface area contributed by atoms with E-state index in [0.29, 0.717) is 11.1 Å². The fraction of sp³-hybridized carbons (Fsp3) is 0.273. The number of hydrogen-bond acceptors (Lipinski definition) is 5. The van der Waals surface area contributed by atoms with Crippen molar-refractivity contribution in [2.24, 2.45) is 0 Å². The molecule has 3 rings (SSSR count). The summed E-state index contributed by atoms with van der Waals surface area (Å²) in [6.45, 7) is 4.29. The first kappa shape index (κ1) is 20.3. The summed E-state index contributed by atoms with van der Waals surface area (Å²) in [4.78, 5) is 50.3. The monoisotopic (exact) mass is 394 g/mol. The van der Waals surface area contributed by atoms with Gasteiger partial charge in [-0.2, -0.15) is 0 Å². The van der Waals surface area contributed by atoms with Gasteiger partial charge in [0.1, 0.15) is 12.1 Å². The van der Waals surface area contributed by atoms with Gasteiger partial charge in [-0.05, 0) is 31.9 Å². The highest BCUT2D eigenvalue weighted by Crippen LogP contribution is 2.28. The summed E-state index contributed by atoms with van der Waals surface area (Å²) in [5.41, 5.74) is 1.64. The summed E-state index contributed by atoms with van der Waals surface area (Å²) in [5, 5.41) is 2.62. The van der Waals surface area contributed by atoms with E-state index in [0.717, 1.165) is 16.0 Å². The van der Waals surface area contributed by atoms with Crippen LogP contribution in [-0.2, 0) is 19.9 Å². The number of ether oxygens (including phenoxy) is 1. The van der Waals surface area contributed by atoms with Crippen LogP contribution in [0, 0.1) is 13.8 Å². The Balaban J connectivity index is 1.63. The Kier molecular flexibility index (Phi) is 5.50. The van der Waals surface area contributed by atoms with Crippen LogP contribution in [0.5, 0.6) is 0 Å². The van der Waals surface area contributed by atoms with Crippen molar-refractivity contribution in [3.63, 3.8) is 0 Å². The predicted octanol–water partition coefficient (Wildman–Crippen LogP) is 2.50. The van der Waals surface area contributed by atoms with Gasteiger partial charge in [-0.1, -0.05) is 54.1 Å². The minimum atomic E-state index is -1.26. The van der Waals surface area contributed by atoms with E-state index in [4.69, 9.17) is 4.74 Å². The number of imide groups is 1. The average molecular weight is 394 g/mol. The molecule has 2 aromatic carbocycles. The molecular weight excluding hydrogens is 372 g/mol. The lowest BCUT2D eigenvalue weighted by Crippen LogP contribution is -2.41. The van der Waals surface area contributed by atoms with E-state index >= 15 is 0 Å². The van der Waals surface area contributed by atoms with Crippen LogP contribution in [0.1, 0.15) is 34.0 Å². The van der Waals surface area contributed by atoms with Gasteiger partial charge in [-0.15, -0.1) is 0 Å². The fourth-order valence-electron chi connectivity index (χ4n) is 3.33. The molecule has 0 aliphatic carbocycles. The van der Waals surface area contributed by atoms with Gasteiger partial charge in [0, 0.05) is 5.56 Å². The number of carbonyl (C=O) groups excluding carboxylic acids is 4. The summed E-state index contributed by atoms with van der Waals surface area (Å²) in [7, 11) is 0. The Morgan fingerprint density at radius 2 is 1.76 bits per heavy atom. The Labute approximate surface area is 168 Å². The first-order valence-electron chi connectivity index (χ1n) is 9.18. The van der Waals surface area contributed by atoms with Crippen molar-refractivity contribution < 1.29 is 23.9 Å². The molecule has 150 valence electrons. The van der Waals surface area contributed by atoms with Gasteiger partial charge in [0.05, 0.1) is 0 Å². The van der Waals surface area contributed by atoms with E-state index in [1.807, 2.05) is 13.0 Å². The molecule has 0 aromatic heterocycles. The molecule has 0 unspecified atom stereocenters. The molecule has 1 fully saturated rings. The molecule has 0 spiro atoms. The molecule has 1 atom stereocenters. The van der Waals surface area contributed by atoms with Gasteiger partial charge in [-0.25, -0.2) is 4.79 Å². The number of hydrogen-bond donors (Lipinski definition) is 1. The van der Waals surface area contributed by atoms with Crippen LogP contribution >= 0.6 is 0 Å². The molecule has 1 aliphatic rings. The van der Waals surface area contributed by atoms with Crippen molar-refractivity contribution in [1.82, 2.24) is 10.2 Å². The number of benzene rings is 2. The quantitative estimate of drug-likeness (QED) is 0.462. The third-order valence-electron chi connectivity index (χ3n) is 4.96. The Morgan fingerprint density at radius 1 is 1.07 bits per heavy atom. The second kappa shape index (κ2) is 7.87. The SMILES string of the molecule is Cc1ccc(C(=O)COC(=O)CN2C(=O)N[C@](C)(c3ccccc3)C2=O)c(C)c1. The molecule has 1 N–H and O–H groups in total. The van der Waals surface area contributed by atoms with Crippen LogP contribution in [0.2, 0.25) is 0 Å². The number of ketones is 1. The number of amides is 3. The highest BCUT2D eigenvalue weighted by atomic mass is 16.5. The number of Topliss-reactive ketones (excluding diaryl/α,β-unsaturated/α-hetero) is 1. The van der Waals surface area contributed by atoms with Gasteiger partial charge < -0.3 is 10.1 Å². The number of aryl methyl sites for hydroxylation is 2. The van der Waals surface area contributed by atoms with Crippen LogP contribution in [0.25, 0.3) is 0 Å². The Hall–Kier alpha value is -3.48. The molecular formula is C22H22N2O5. The highest BCUT2D eigenvalue weighted by molar-refractivity contribution is 6.09. The van der Waals surface area contributed by atoms with Crippen molar-refractivity contribution in [2.45, 2.75) is 26.3 Å². The topological polar surface area (TPSA) is 92.8 Å². The molecule has 3 amide bonds. The highest BCUT2D eigenvalue weighted by Gasteiger charge is 2.49. The third-order valence-corrected chi connectivity index (χ3v) is 4.96. The Bertz CT molecular complexity index is 986. The number of urea groups is 1. The van der Waals surface area contributed by atoms with Crippen molar-refractivity contribution in [1.29, 1.82) is 0 Å². The molecule has 0 bridgehead atoms. The van der Waals surface area contributed by atoms with Crippen LogP contribution in [-0.4, -0.2) is 41.7 Å².